The molecule has 2 N–H and O–H groups in total. The second-order valence-electron chi connectivity index (χ2n) is 7.48. The lowest BCUT2D eigenvalue weighted by molar-refractivity contribution is -0.915. The van der Waals surface area contributed by atoms with Crippen molar-refractivity contribution in [1.29, 1.82) is 0 Å². The molecule has 0 radical (unpaired) electrons. The Labute approximate surface area is 135 Å². The largest absolute Gasteiger partial charge is 0.490 e. The van der Waals surface area contributed by atoms with Crippen molar-refractivity contribution in [1.82, 2.24) is 0 Å². The molecular weight excluding hydrogens is 274 g/mol. The van der Waals surface area contributed by atoms with E-state index >= 15 is 0 Å². The van der Waals surface area contributed by atoms with Crippen LogP contribution in [0.5, 0.6) is 5.75 Å². The van der Waals surface area contributed by atoms with E-state index in [1.54, 1.807) is 0 Å². The van der Waals surface area contributed by atoms with Crippen molar-refractivity contribution in [2.24, 2.45) is 11.8 Å². The Bertz CT molecular complexity index is 490. The maximum atomic E-state index is 10.3. The first kappa shape index (κ1) is 17.3. The molecule has 1 aromatic carbocycles. The number of likely N-dealkylation sites (tertiary alicyclic amines) is 1. The maximum Gasteiger partial charge on any atom is 0.137 e. The number of aliphatic hydroxyl groups is 1. The number of piperidine rings is 1. The fourth-order valence-electron chi connectivity index (χ4n) is 3.82. The molecule has 4 atom stereocenters. The molecule has 1 saturated heterocycles. The van der Waals surface area contributed by atoms with Gasteiger partial charge in [-0.25, -0.2) is 0 Å². The van der Waals surface area contributed by atoms with E-state index in [2.05, 4.69) is 46.8 Å². The number of ether oxygens (including phenoxy) is 1. The normalized spacial score (nSPS) is 26.7. The highest BCUT2D eigenvalue weighted by Gasteiger charge is 2.26. The summed E-state index contributed by atoms with van der Waals surface area (Å²) in [5, 5.41) is 10.3. The van der Waals surface area contributed by atoms with Gasteiger partial charge >= 0.3 is 0 Å². The Morgan fingerprint density at radius 2 is 1.82 bits per heavy atom. The molecule has 0 saturated carbocycles. The monoisotopic (exact) mass is 306 g/mol. The van der Waals surface area contributed by atoms with Crippen molar-refractivity contribution in [3.05, 3.63) is 28.8 Å². The quantitative estimate of drug-likeness (QED) is 0.871. The summed E-state index contributed by atoms with van der Waals surface area (Å²) in [4.78, 5) is 1.51. The van der Waals surface area contributed by atoms with Gasteiger partial charge in [0.2, 0.25) is 0 Å². The van der Waals surface area contributed by atoms with Crippen LogP contribution in [0.1, 0.15) is 37.0 Å². The van der Waals surface area contributed by atoms with Crippen LogP contribution in [0.4, 0.5) is 0 Å². The van der Waals surface area contributed by atoms with Crippen molar-refractivity contribution < 1.29 is 14.7 Å². The first-order valence-corrected chi connectivity index (χ1v) is 8.57. The van der Waals surface area contributed by atoms with Gasteiger partial charge in [0.05, 0.1) is 13.1 Å². The minimum atomic E-state index is -0.396. The molecule has 3 heteroatoms. The predicted molar refractivity (Wildman–Crippen MR) is 90.7 cm³/mol. The van der Waals surface area contributed by atoms with Crippen LogP contribution in [-0.4, -0.2) is 37.5 Å². The van der Waals surface area contributed by atoms with Gasteiger partial charge in [-0.3, -0.25) is 0 Å². The number of hydrogen-bond acceptors (Lipinski definition) is 2. The number of rotatable bonds is 5. The van der Waals surface area contributed by atoms with E-state index < -0.39 is 6.10 Å². The molecule has 1 fully saturated rings. The molecule has 22 heavy (non-hydrogen) atoms. The highest BCUT2D eigenvalue weighted by molar-refractivity contribution is 5.41. The Hall–Kier alpha value is -1.06. The highest BCUT2D eigenvalue weighted by atomic mass is 16.5. The van der Waals surface area contributed by atoms with Crippen LogP contribution in [0.25, 0.3) is 0 Å². The lowest BCUT2D eigenvalue weighted by Gasteiger charge is -2.33. The second kappa shape index (κ2) is 7.47. The van der Waals surface area contributed by atoms with Gasteiger partial charge in [0.1, 0.15) is 25.0 Å². The maximum absolute atomic E-state index is 10.3. The summed E-state index contributed by atoms with van der Waals surface area (Å²) < 4.78 is 5.89. The molecule has 0 spiro atoms. The van der Waals surface area contributed by atoms with Crippen molar-refractivity contribution in [2.75, 3.05) is 26.2 Å². The minimum absolute atomic E-state index is 0.385. The van der Waals surface area contributed by atoms with Crippen molar-refractivity contribution in [3.8, 4) is 5.75 Å². The number of aryl methyl sites for hydroxylation is 2. The van der Waals surface area contributed by atoms with Gasteiger partial charge in [0.25, 0.3) is 0 Å². The van der Waals surface area contributed by atoms with E-state index in [0.29, 0.717) is 6.61 Å². The van der Waals surface area contributed by atoms with E-state index in [4.69, 9.17) is 4.74 Å². The van der Waals surface area contributed by atoms with Crippen LogP contribution in [-0.2, 0) is 0 Å². The molecule has 0 amide bonds. The summed E-state index contributed by atoms with van der Waals surface area (Å²) in [5.74, 6) is 2.43. The van der Waals surface area contributed by atoms with E-state index in [9.17, 15) is 5.11 Å². The van der Waals surface area contributed by atoms with Gasteiger partial charge in [-0.1, -0.05) is 19.9 Å². The lowest BCUT2D eigenvalue weighted by Crippen LogP contribution is -3.15. The lowest BCUT2D eigenvalue weighted by atomic mass is 9.92. The molecule has 1 aliphatic rings. The number of benzene rings is 1. The Balaban J connectivity index is 1.86. The Morgan fingerprint density at radius 1 is 1.18 bits per heavy atom. The third kappa shape index (κ3) is 4.72. The van der Waals surface area contributed by atoms with Crippen LogP contribution in [0.3, 0.4) is 0 Å². The van der Waals surface area contributed by atoms with E-state index in [0.717, 1.165) is 24.1 Å². The Morgan fingerprint density at radius 3 is 2.45 bits per heavy atom. The number of aliphatic hydroxyl groups excluding tert-OH is 1. The summed E-state index contributed by atoms with van der Waals surface area (Å²) in [7, 11) is 0. The third-order valence-electron chi connectivity index (χ3n) is 4.80. The fraction of sp³-hybridized carbons (Fsp3) is 0.684. The highest BCUT2D eigenvalue weighted by Crippen LogP contribution is 2.23. The topological polar surface area (TPSA) is 33.9 Å². The smallest absolute Gasteiger partial charge is 0.137 e. The minimum Gasteiger partial charge on any atom is -0.490 e. The van der Waals surface area contributed by atoms with Crippen LogP contribution in [0, 0.1) is 32.6 Å². The standard InChI is InChI=1S/C19H31NO2/c1-13-7-16(4)17(5)19(8-13)22-12-18(21)11-20-9-14(2)6-15(3)10-20/h7-8,14-15,18,21H,6,9-12H2,1-5H3/p+1/t14-,15+,18-/m1/s1. The summed E-state index contributed by atoms with van der Waals surface area (Å²) >= 11 is 0. The van der Waals surface area contributed by atoms with Gasteiger partial charge in [-0.05, 0) is 49.9 Å². The van der Waals surface area contributed by atoms with Gasteiger partial charge in [0, 0.05) is 11.8 Å². The molecule has 124 valence electrons. The molecular formula is C19H32NO2+. The van der Waals surface area contributed by atoms with Crippen molar-refractivity contribution in [2.45, 2.75) is 47.1 Å². The Kier molecular flexibility index (Phi) is 5.87. The summed E-state index contributed by atoms with van der Waals surface area (Å²) in [6.45, 7) is 14.4. The zero-order chi connectivity index (χ0) is 16.3. The molecule has 1 aliphatic heterocycles. The first-order valence-electron chi connectivity index (χ1n) is 8.57. The first-order chi connectivity index (χ1) is 10.3. The van der Waals surface area contributed by atoms with Gasteiger partial charge in [-0.2, -0.15) is 0 Å². The molecule has 0 bridgehead atoms. The SMILES string of the molecule is Cc1cc(C)c(C)c(OC[C@H](O)C[NH+]2C[C@H](C)C[C@H](C)C2)c1. The molecule has 0 aromatic heterocycles. The fourth-order valence-corrected chi connectivity index (χ4v) is 3.82. The summed E-state index contributed by atoms with van der Waals surface area (Å²) in [6.07, 6.45) is 0.922. The van der Waals surface area contributed by atoms with Gasteiger partial charge in [-0.15, -0.1) is 0 Å². The third-order valence-corrected chi connectivity index (χ3v) is 4.80. The summed E-state index contributed by atoms with van der Waals surface area (Å²) in [6, 6.07) is 4.23. The van der Waals surface area contributed by atoms with E-state index in [1.807, 2.05) is 0 Å². The number of hydrogen-bond donors (Lipinski definition) is 2. The molecule has 1 aromatic rings. The predicted octanol–water partition coefficient (Wildman–Crippen LogP) is 1.91. The molecule has 3 nitrogen and oxygen atoms in total. The van der Waals surface area contributed by atoms with Gasteiger partial charge in [0.15, 0.2) is 0 Å². The zero-order valence-electron chi connectivity index (χ0n) is 14.8. The molecule has 1 heterocycles. The van der Waals surface area contributed by atoms with Crippen molar-refractivity contribution in [3.63, 3.8) is 0 Å². The molecule has 1 unspecified atom stereocenters. The van der Waals surface area contributed by atoms with E-state index in [-0.39, 0.29) is 0 Å². The molecule has 2 rings (SSSR count). The van der Waals surface area contributed by atoms with Crippen LogP contribution in [0.15, 0.2) is 12.1 Å². The van der Waals surface area contributed by atoms with Crippen LogP contribution >= 0.6 is 0 Å². The van der Waals surface area contributed by atoms with Crippen LogP contribution in [0.2, 0.25) is 0 Å². The average Bonchev–Trinajstić information content (AvgIpc) is 2.40. The van der Waals surface area contributed by atoms with Gasteiger partial charge < -0.3 is 14.7 Å². The average molecular weight is 306 g/mol. The van der Waals surface area contributed by atoms with Crippen molar-refractivity contribution >= 4 is 0 Å². The number of quaternary nitrogens is 1. The number of nitrogens with one attached hydrogen (secondary N) is 1. The summed E-state index contributed by atoms with van der Waals surface area (Å²) in [5.41, 5.74) is 3.62. The zero-order valence-corrected chi connectivity index (χ0v) is 14.8. The van der Waals surface area contributed by atoms with E-state index in [1.165, 1.54) is 41.1 Å². The molecule has 0 aliphatic carbocycles. The van der Waals surface area contributed by atoms with Crippen LogP contribution < -0.4 is 9.64 Å². The second-order valence-corrected chi connectivity index (χ2v) is 7.48.